The molecule has 11 heavy (non-hydrogen) atoms. The van der Waals surface area contributed by atoms with Crippen molar-refractivity contribution in [3.8, 4) is 0 Å². The van der Waals surface area contributed by atoms with Crippen LogP contribution in [0.4, 0.5) is 0 Å². The van der Waals surface area contributed by atoms with Crippen LogP contribution >= 0.6 is 0 Å². The molecule has 1 saturated carbocycles. The van der Waals surface area contributed by atoms with Crippen molar-refractivity contribution in [2.45, 2.75) is 31.8 Å². The number of aromatic nitrogens is 2. The van der Waals surface area contributed by atoms with Crippen molar-refractivity contribution < 1.29 is 9.63 Å². The minimum absolute atomic E-state index is 0.136. The lowest BCUT2D eigenvalue weighted by Gasteiger charge is -1.96. The van der Waals surface area contributed by atoms with Crippen molar-refractivity contribution in [1.82, 2.24) is 10.1 Å². The molecule has 0 amide bonds. The Morgan fingerprint density at radius 3 is 2.82 bits per heavy atom. The zero-order valence-corrected chi connectivity index (χ0v) is 6.37. The highest BCUT2D eigenvalue weighted by molar-refractivity contribution is 5.13. The van der Waals surface area contributed by atoms with E-state index in [0.717, 1.165) is 18.7 Å². The Labute approximate surface area is 64.2 Å². The third-order valence-corrected chi connectivity index (χ3v) is 2.14. The van der Waals surface area contributed by atoms with Crippen molar-refractivity contribution in [1.29, 1.82) is 0 Å². The number of nitrogens with zero attached hydrogens (tertiary/aromatic N) is 2. The van der Waals surface area contributed by atoms with Crippen LogP contribution in [0.3, 0.4) is 0 Å². The lowest BCUT2D eigenvalue weighted by atomic mass is 10.1. The Balaban J connectivity index is 2.25. The molecule has 1 heterocycles. The molecule has 1 aromatic heterocycles. The number of rotatable bonds is 2. The van der Waals surface area contributed by atoms with E-state index in [9.17, 15) is 0 Å². The molecule has 0 atom stereocenters. The Morgan fingerprint density at radius 1 is 1.64 bits per heavy atom. The first-order valence-corrected chi connectivity index (χ1v) is 3.68. The molecule has 0 bridgehead atoms. The summed E-state index contributed by atoms with van der Waals surface area (Å²) in [5.74, 6) is 1.05. The van der Waals surface area contributed by atoms with Gasteiger partial charge in [-0.2, -0.15) is 4.98 Å². The van der Waals surface area contributed by atoms with Crippen molar-refractivity contribution in [2.75, 3.05) is 0 Å². The minimum Gasteiger partial charge on any atom is -0.387 e. The highest BCUT2D eigenvalue weighted by atomic mass is 16.5. The van der Waals surface area contributed by atoms with E-state index >= 15 is 0 Å². The second kappa shape index (κ2) is 2.04. The van der Waals surface area contributed by atoms with Gasteiger partial charge in [0.15, 0.2) is 5.82 Å². The van der Waals surface area contributed by atoms with Gasteiger partial charge in [-0.05, 0) is 12.8 Å². The molecule has 1 N–H and O–H groups in total. The van der Waals surface area contributed by atoms with Crippen LogP contribution in [0.5, 0.6) is 0 Å². The quantitative estimate of drug-likeness (QED) is 0.678. The molecular formula is C7H10N2O2. The van der Waals surface area contributed by atoms with Gasteiger partial charge in [-0.15, -0.1) is 0 Å². The first-order chi connectivity index (χ1) is 5.24. The second-order valence-corrected chi connectivity index (χ2v) is 3.23. The van der Waals surface area contributed by atoms with Crippen LogP contribution in [0.25, 0.3) is 0 Å². The van der Waals surface area contributed by atoms with Gasteiger partial charge < -0.3 is 9.63 Å². The number of hydrogen-bond acceptors (Lipinski definition) is 4. The average Bonchev–Trinajstić information content (AvgIpc) is 2.61. The lowest BCUT2D eigenvalue weighted by Crippen LogP contribution is -2.02. The molecule has 1 fully saturated rings. The number of aliphatic hydroxyl groups is 1. The maximum Gasteiger partial charge on any atom is 0.252 e. The molecule has 0 saturated heterocycles. The summed E-state index contributed by atoms with van der Waals surface area (Å²) in [6.45, 7) is 1.93. The van der Waals surface area contributed by atoms with Crippen LogP contribution in [0.1, 0.15) is 31.5 Å². The van der Waals surface area contributed by atoms with Gasteiger partial charge in [0.1, 0.15) is 6.61 Å². The monoisotopic (exact) mass is 154 g/mol. The predicted octanol–water partition coefficient (Wildman–Crippen LogP) is 0.613. The van der Waals surface area contributed by atoms with Gasteiger partial charge in [-0.1, -0.05) is 12.1 Å². The summed E-state index contributed by atoms with van der Waals surface area (Å²) >= 11 is 0. The van der Waals surface area contributed by atoms with Gasteiger partial charge in [0.25, 0.3) is 5.89 Å². The van der Waals surface area contributed by atoms with E-state index in [-0.39, 0.29) is 12.0 Å². The summed E-state index contributed by atoms with van der Waals surface area (Å²) in [6, 6.07) is 0. The van der Waals surface area contributed by atoms with Gasteiger partial charge in [-0.25, -0.2) is 0 Å². The van der Waals surface area contributed by atoms with Crippen molar-refractivity contribution >= 4 is 0 Å². The Morgan fingerprint density at radius 2 is 2.36 bits per heavy atom. The number of hydrogen-bond donors (Lipinski definition) is 1. The van der Waals surface area contributed by atoms with E-state index in [0.29, 0.717) is 5.89 Å². The lowest BCUT2D eigenvalue weighted by molar-refractivity contribution is 0.222. The van der Waals surface area contributed by atoms with Crippen LogP contribution in [0, 0.1) is 0 Å². The Kier molecular flexibility index (Phi) is 1.26. The molecule has 0 radical (unpaired) electrons. The molecule has 0 unspecified atom stereocenters. The van der Waals surface area contributed by atoms with Crippen molar-refractivity contribution in [3.63, 3.8) is 0 Å². The third kappa shape index (κ3) is 1.03. The first-order valence-electron chi connectivity index (χ1n) is 3.68. The van der Waals surface area contributed by atoms with Gasteiger partial charge in [-0.3, -0.25) is 0 Å². The average molecular weight is 154 g/mol. The van der Waals surface area contributed by atoms with Crippen LogP contribution in [0.15, 0.2) is 4.52 Å². The van der Waals surface area contributed by atoms with E-state index < -0.39 is 0 Å². The van der Waals surface area contributed by atoms with Crippen LogP contribution in [0.2, 0.25) is 0 Å². The van der Waals surface area contributed by atoms with E-state index in [2.05, 4.69) is 17.1 Å². The summed E-state index contributed by atoms with van der Waals surface area (Å²) in [7, 11) is 0. The predicted molar refractivity (Wildman–Crippen MR) is 36.8 cm³/mol. The van der Waals surface area contributed by atoms with Crippen molar-refractivity contribution in [3.05, 3.63) is 11.7 Å². The molecule has 2 rings (SSSR count). The van der Waals surface area contributed by atoms with Gasteiger partial charge in [0, 0.05) is 5.41 Å². The molecule has 0 spiro atoms. The highest BCUT2D eigenvalue weighted by Crippen LogP contribution is 2.45. The fraction of sp³-hybridized carbons (Fsp3) is 0.714. The SMILES string of the molecule is CC1(c2noc(CO)n2)CC1. The fourth-order valence-corrected chi connectivity index (χ4v) is 0.975. The normalized spacial score (nSPS) is 20.2. The summed E-state index contributed by atoms with van der Waals surface area (Å²) in [5.41, 5.74) is 0.136. The van der Waals surface area contributed by atoms with Crippen LogP contribution < -0.4 is 0 Å². The summed E-state index contributed by atoms with van der Waals surface area (Å²) in [4.78, 5) is 4.03. The molecule has 1 aromatic rings. The molecule has 4 nitrogen and oxygen atoms in total. The fourth-order valence-electron chi connectivity index (χ4n) is 0.975. The molecule has 0 aromatic carbocycles. The molecule has 1 aliphatic carbocycles. The molecule has 4 heteroatoms. The van der Waals surface area contributed by atoms with Gasteiger partial charge in [0.2, 0.25) is 0 Å². The van der Waals surface area contributed by atoms with Crippen LogP contribution in [-0.4, -0.2) is 15.2 Å². The molecule has 60 valence electrons. The second-order valence-electron chi connectivity index (χ2n) is 3.23. The van der Waals surface area contributed by atoms with E-state index in [4.69, 9.17) is 9.63 Å². The Hall–Kier alpha value is -0.900. The van der Waals surface area contributed by atoms with E-state index in [1.54, 1.807) is 0 Å². The summed E-state index contributed by atoms with van der Waals surface area (Å²) in [6.07, 6.45) is 2.24. The minimum atomic E-state index is -0.164. The highest BCUT2D eigenvalue weighted by Gasteiger charge is 2.43. The van der Waals surface area contributed by atoms with E-state index in [1.165, 1.54) is 0 Å². The maximum atomic E-state index is 8.64. The third-order valence-electron chi connectivity index (χ3n) is 2.14. The van der Waals surface area contributed by atoms with Crippen LogP contribution in [-0.2, 0) is 12.0 Å². The van der Waals surface area contributed by atoms with Gasteiger partial charge >= 0.3 is 0 Å². The van der Waals surface area contributed by atoms with Gasteiger partial charge in [0.05, 0.1) is 0 Å². The standard InChI is InChI=1S/C7H10N2O2/c1-7(2-3-7)6-8-5(4-10)11-9-6/h10H,2-4H2,1H3. The number of aliphatic hydroxyl groups excluding tert-OH is 1. The van der Waals surface area contributed by atoms with E-state index in [1.807, 2.05) is 0 Å². The smallest absolute Gasteiger partial charge is 0.252 e. The van der Waals surface area contributed by atoms with Crippen molar-refractivity contribution in [2.24, 2.45) is 0 Å². The molecule has 0 aliphatic heterocycles. The summed E-state index contributed by atoms with van der Waals surface area (Å²) < 4.78 is 4.77. The zero-order valence-electron chi connectivity index (χ0n) is 6.37. The summed E-state index contributed by atoms with van der Waals surface area (Å²) in [5, 5.41) is 12.4. The molecular weight excluding hydrogens is 144 g/mol. The largest absolute Gasteiger partial charge is 0.387 e. The first kappa shape index (κ1) is 6.79. The zero-order chi connectivity index (χ0) is 7.90. The topological polar surface area (TPSA) is 59.2 Å². The maximum absolute atomic E-state index is 8.64. The molecule has 1 aliphatic rings. The Bertz CT molecular complexity index is 265.